The van der Waals surface area contributed by atoms with Gasteiger partial charge in [-0.25, -0.2) is 4.79 Å². The number of hydrogen-bond acceptors (Lipinski definition) is 15. The highest BCUT2D eigenvalue weighted by molar-refractivity contribution is 5.91. The summed E-state index contributed by atoms with van der Waals surface area (Å²) in [5, 5.41) is 66.4. The van der Waals surface area contributed by atoms with Crippen molar-refractivity contribution in [1.29, 1.82) is 0 Å². The maximum absolute atomic E-state index is 14.6. The summed E-state index contributed by atoms with van der Waals surface area (Å²) < 4.78 is 38.8. The monoisotopic (exact) mass is 925 g/mol. The molecule has 65 heavy (non-hydrogen) atoms. The highest BCUT2D eigenvalue weighted by Crippen LogP contribution is 2.43. The highest BCUT2D eigenvalue weighted by atomic mass is 16.7. The third-order valence-corrected chi connectivity index (χ3v) is 14.6. The predicted molar refractivity (Wildman–Crippen MR) is 246 cm³/mol. The average molecular weight is 925 g/mol. The van der Waals surface area contributed by atoms with Crippen molar-refractivity contribution in [2.24, 2.45) is 17.8 Å². The molecule has 0 aromatic heterocycles. The molecule has 3 saturated heterocycles. The van der Waals surface area contributed by atoms with Gasteiger partial charge in [-0.15, -0.1) is 0 Å². The van der Waals surface area contributed by atoms with E-state index < -0.39 is 108 Å². The molecule has 2 amide bonds. The smallest absolute Gasteiger partial charge is 0.324 e. The zero-order valence-electron chi connectivity index (χ0n) is 41.5. The summed E-state index contributed by atoms with van der Waals surface area (Å²) in [7, 11) is 4.81. The third kappa shape index (κ3) is 12.4. The zero-order valence-corrected chi connectivity index (χ0v) is 41.5. The first-order valence-corrected chi connectivity index (χ1v) is 23.7. The molecule has 0 unspecified atom stereocenters. The van der Waals surface area contributed by atoms with Crippen LogP contribution in [0.5, 0.6) is 0 Å². The second kappa shape index (κ2) is 22.7. The first kappa shape index (κ1) is 55.1. The van der Waals surface area contributed by atoms with E-state index in [0.29, 0.717) is 25.2 Å². The van der Waals surface area contributed by atoms with E-state index in [0.717, 1.165) is 6.42 Å². The first-order valence-electron chi connectivity index (χ1n) is 23.7. The van der Waals surface area contributed by atoms with Gasteiger partial charge in [-0.2, -0.15) is 0 Å². The van der Waals surface area contributed by atoms with Crippen LogP contribution in [0.2, 0.25) is 0 Å². The van der Waals surface area contributed by atoms with Crippen LogP contribution in [0.15, 0.2) is 30.3 Å². The molecule has 0 radical (unpaired) electrons. The van der Waals surface area contributed by atoms with Gasteiger partial charge in [0.25, 0.3) is 0 Å². The van der Waals surface area contributed by atoms with E-state index in [1.807, 2.05) is 51.1 Å². The molecule has 7 N–H and O–H groups in total. The Bertz CT molecular complexity index is 1660. The van der Waals surface area contributed by atoms with Crippen LogP contribution in [-0.4, -0.2) is 173 Å². The molecular formula is C48H84N4O13. The Kier molecular flexibility index (Phi) is 19.3. The van der Waals surface area contributed by atoms with Crippen LogP contribution < -0.4 is 15.5 Å². The summed E-state index contributed by atoms with van der Waals surface area (Å²) in [6, 6.07) is 7.42. The minimum absolute atomic E-state index is 0.0461. The summed E-state index contributed by atoms with van der Waals surface area (Å²) in [6.45, 7) is 20.5. The van der Waals surface area contributed by atoms with Gasteiger partial charge in [-0.05, 0) is 105 Å². The lowest BCUT2D eigenvalue weighted by Crippen LogP contribution is -2.70. The van der Waals surface area contributed by atoms with E-state index in [-0.39, 0.29) is 37.8 Å². The number of rotatable bonds is 14. The molecule has 1 aromatic rings. The van der Waals surface area contributed by atoms with E-state index in [1.165, 1.54) is 23.8 Å². The van der Waals surface area contributed by atoms with E-state index in [9.17, 15) is 35.1 Å². The van der Waals surface area contributed by atoms with Gasteiger partial charge in [-0.3, -0.25) is 9.69 Å². The minimum Gasteiger partial charge on any atom is -0.457 e. The van der Waals surface area contributed by atoms with Crippen molar-refractivity contribution in [3.63, 3.8) is 0 Å². The molecular weight excluding hydrogens is 841 g/mol. The number of amides is 2. The number of urea groups is 1. The normalized spacial score (nSPS) is 40.3. The maximum Gasteiger partial charge on any atom is 0.324 e. The van der Waals surface area contributed by atoms with Crippen molar-refractivity contribution in [1.82, 2.24) is 15.5 Å². The van der Waals surface area contributed by atoms with Gasteiger partial charge in [0.15, 0.2) is 12.6 Å². The molecule has 3 aliphatic heterocycles. The van der Waals surface area contributed by atoms with E-state index in [1.54, 1.807) is 62.6 Å². The Hall–Kier alpha value is -2.52. The van der Waals surface area contributed by atoms with Crippen LogP contribution >= 0.6 is 0 Å². The van der Waals surface area contributed by atoms with Gasteiger partial charge in [-0.1, -0.05) is 45.9 Å². The van der Waals surface area contributed by atoms with Crippen LogP contribution in [0.4, 0.5) is 10.5 Å². The number of aliphatic hydroxyl groups excluding tert-OH is 2. The Morgan fingerprint density at radius 3 is 2.28 bits per heavy atom. The molecule has 1 aromatic carbocycles. The fourth-order valence-corrected chi connectivity index (χ4v) is 10.2. The number of likely N-dealkylation sites (N-methyl/N-ethyl adjacent to an activating group) is 1. The molecule has 17 heteroatoms. The van der Waals surface area contributed by atoms with Crippen LogP contribution in [0.1, 0.15) is 108 Å². The maximum atomic E-state index is 14.6. The molecule has 0 bridgehead atoms. The molecule has 0 aliphatic carbocycles. The molecule has 4 rings (SSSR count). The number of carbonyl (C=O) groups is 2. The number of anilines is 1. The van der Waals surface area contributed by atoms with Gasteiger partial charge in [0.05, 0.1) is 48.1 Å². The Morgan fingerprint density at radius 1 is 1.03 bits per heavy atom. The van der Waals surface area contributed by atoms with Crippen molar-refractivity contribution in [2.75, 3.05) is 45.7 Å². The van der Waals surface area contributed by atoms with Crippen molar-refractivity contribution in [2.45, 2.75) is 198 Å². The standard InChI is InChI=1S/C48H84N4O13/c1-15-22-49-27-48(59)33(8)62-37(25-46(48,10)60-14)63-39-30(5)40(65-43-38(54)35(23-29(4)61-43)52(13)44(56)51(12)34-20-18-17-19-21-34)45(9,57)24-28(3)26-50-32(7)41(64-42(55)31(39)6)47(11,58)36(53)16-2/h17-21,28-33,35-41,43,49-50,53-54,57-59H,15-16,22-27H2,1-14H3/t28-,29-,30+,31-,32-,33+,35+,36-,37+,38-,39+,40-,41-,43+,45-,46-,47-,48+/m1/s1. The number of carbonyl (C=O) groups excluding carboxylic acids is 2. The number of esters is 1. The topological polar surface area (TPSA) is 221 Å². The van der Waals surface area contributed by atoms with Crippen LogP contribution in [0, 0.1) is 17.8 Å². The van der Waals surface area contributed by atoms with E-state index in [4.69, 9.17) is 28.4 Å². The van der Waals surface area contributed by atoms with Gasteiger partial charge in [0.2, 0.25) is 0 Å². The minimum atomic E-state index is -1.86. The number of hydrogen-bond donors (Lipinski definition) is 7. The number of nitrogens with zero attached hydrogens (tertiary/aromatic N) is 2. The molecule has 3 aliphatic rings. The SMILES string of the molecule is CCCNC[C@]1(O)[C@H](C)O[C@@H](O[C@H]2[C@H](C)[C@@H](O[C@@H]3O[C@H](C)C[C@H](N(C)C(=O)N(C)c4ccccc4)[C@H]3O)[C@](C)(O)C[C@@H](C)CN[C@H](C)[C@H]([C@](C)(O)[C@H](O)CC)OC(=O)[C@@H]2C)C[C@@]1(C)OC. The lowest BCUT2D eigenvalue weighted by molar-refractivity contribution is -0.336. The van der Waals surface area contributed by atoms with Gasteiger partial charge < -0.3 is 69.5 Å². The summed E-state index contributed by atoms with van der Waals surface area (Å²) in [5.74, 6) is -2.97. The molecule has 0 saturated carbocycles. The number of aliphatic hydroxyl groups is 5. The summed E-state index contributed by atoms with van der Waals surface area (Å²) >= 11 is 0. The van der Waals surface area contributed by atoms with Crippen LogP contribution in [0.3, 0.4) is 0 Å². The largest absolute Gasteiger partial charge is 0.457 e. The first-order chi connectivity index (χ1) is 30.3. The number of nitrogens with one attached hydrogen (secondary N) is 2. The number of methoxy groups -OCH3 is 1. The third-order valence-electron chi connectivity index (χ3n) is 14.6. The number of ether oxygens (including phenoxy) is 6. The molecule has 0 spiro atoms. The van der Waals surface area contributed by atoms with Crippen LogP contribution in [-0.2, 0) is 33.2 Å². The summed E-state index contributed by atoms with van der Waals surface area (Å²) in [5.41, 5.74) is -5.50. The van der Waals surface area contributed by atoms with Gasteiger partial charge in [0, 0.05) is 51.8 Å². The lowest BCUT2D eigenvalue weighted by Gasteiger charge is -2.53. The molecule has 374 valence electrons. The van der Waals surface area contributed by atoms with Crippen molar-refractivity contribution in [3.8, 4) is 0 Å². The van der Waals surface area contributed by atoms with E-state index in [2.05, 4.69) is 10.6 Å². The second-order valence-corrected chi connectivity index (χ2v) is 20.0. The number of cyclic esters (lactones) is 1. The number of para-hydroxylation sites is 1. The van der Waals surface area contributed by atoms with Crippen molar-refractivity contribution >= 4 is 17.7 Å². The van der Waals surface area contributed by atoms with Crippen molar-refractivity contribution in [3.05, 3.63) is 30.3 Å². The highest BCUT2D eigenvalue weighted by Gasteiger charge is 2.58. The lowest BCUT2D eigenvalue weighted by atomic mass is 9.75. The van der Waals surface area contributed by atoms with Crippen molar-refractivity contribution < 1.29 is 63.5 Å². The summed E-state index contributed by atoms with van der Waals surface area (Å²) in [6.07, 6.45) is -8.25. The Labute approximate surface area is 387 Å². The van der Waals surface area contributed by atoms with Gasteiger partial charge >= 0.3 is 12.0 Å². The summed E-state index contributed by atoms with van der Waals surface area (Å²) in [4.78, 5) is 31.5. The Balaban J connectivity index is 1.79. The average Bonchev–Trinajstić information content (AvgIpc) is 3.26. The fourth-order valence-electron chi connectivity index (χ4n) is 10.2. The quantitative estimate of drug-likeness (QED) is 0.105. The van der Waals surface area contributed by atoms with Crippen LogP contribution in [0.25, 0.3) is 0 Å². The molecule has 3 heterocycles. The fraction of sp³-hybridized carbons (Fsp3) is 0.833. The molecule has 17 nitrogen and oxygen atoms in total. The number of benzene rings is 1. The second-order valence-electron chi connectivity index (χ2n) is 20.0. The van der Waals surface area contributed by atoms with Gasteiger partial charge in [0.1, 0.15) is 29.0 Å². The van der Waals surface area contributed by atoms with E-state index >= 15 is 0 Å². The predicted octanol–water partition coefficient (Wildman–Crippen LogP) is 3.55. The zero-order chi connectivity index (χ0) is 48.8. The molecule has 18 atom stereocenters. The Morgan fingerprint density at radius 2 is 1.68 bits per heavy atom. The molecule has 3 fully saturated rings.